The molecule has 2 aromatic heterocycles. The van der Waals surface area contributed by atoms with Crippen molar-refractivity contribution >= 4 is 17.2 Å². The van der Waals surface area contributed by atoms with Crippen LogP contribution in [0, 0.1) is 20.8 Å². The highest BCUT2D eigenvalue weighted by atomic mass is 32.1. The van der Waals surface area contributed by atoms with E-state index in [1.165, 1.54) is 16.7 Å². The van der Waals surface area contributed by atoms with Crippen LogP contribution in [0.2, 0.25) is 0 Å². The molecule has 0 saturated heterocycles. The van der Waals surface area contributed by atoms with Crippen molar-refractivity contribution in [1.29, 1.82) is 0 Å². The van der Waals surface area contributed by atoms with E-state index in [1.54, 1.807) is 11.3 Å². The zero-order valence-corrected chi connectivity index (χ0v) is 17.8. The lowest BCUT2D eigenvalue weighted by molar-refractivity contribution is 0.983. The van der Waals surface area contributed by atoms with Crippen LogP contribution in [0.5, 0.6) is 0 Å². The van der Waals surface area contributed by atoms with E-state index in [-0.39, 0.29) is 0 Å². The molecule has 4 rings (SSSR count). The molecule has 0 fully saturated rings. The van der Waals surface area contributed by atoms with Crippen LogP contribution in [-0.2, 0) is 6.42 Å². The predicted molar refractivity (Wildman–Crippen MR) is 121 cm³/mol. The molecule has 2 heterocycles. The minimum atomic E-state index is 0.772. The van der Waals surface area contributed by atoms with Crippen molar-refractivity contribution in [3.8, 4) is 22.5 Å². The number of hydrogen-bond donors (Lipinski definition) is 1. The van der Waals surface area contributed by atoms with Gasteiger partial charge >= 0.3 is 0 Å². The standard InChI is InChI=1S/C24H24N4S/c1-16-4-8-20(9-5-16)22-14-24(27-17(2)26-22)25-13-12-19-6-10-21(11-7-19)23-15-29-18(3)28-23/h4-11,14-15H,12-13H2,1-3H3,(H,25,26,27). The van der Waals surface area contributed by atoms with Crippen molar-refractivity contribution in [3.63, 3.8) is 0 Å². The summed E-state index contributed by atoms with van der Waals surface area (Å²) >= 11 is 1.68. The number of thiazole rings is 1. The van der Waals surface area contributed by atoms with E-state index < -0.39 is 0 Å². The zero-order valence-electron chi connectivity index (χ0n) is 16.9. The first kappa shape index (κ1) is 19.3. The highest BCUT2D eigenvalue weighted by Gasteiger charge is 2.05. The fourth-order valence-electron chi connectivity index (χ4n) is 3.20. The molecule has 5 heteroatoms. The smallest absolute Gasteiger partial charge is 0.130 e. The molecule has 4 nitrogen and oxygen atoms in total. The lowest BCUT2D eigenvalue weighted by Crippen LogP contribution is -2.08. The minimum Gasteiger partial charge on any atom is -0.370 e. The molecular weight excluding hydrogens is 376 g/mol. The molecule has 2 aromatic carbocycles. The molecule has 0 amide bonds. The summed E-state index contributed by atoms with van der Waals surface area (Å²) in [6.07, 6.45) is 0.930. The van der Waals surface area contributed by atoms with Crippen molar-refractivity contribution in [2.24, 2.45) is 0 Å². The second kappa shape index (κ2) is 8.53. The van der Waals surface area contributed by atoms with Crippen molar-refractivity contribution in [2.75, 3.05) is 11.9 Å². The first-order valence-electron chi connectivity index (χ1n) is 9.75. The third-order valence-electron chi connectivity index (χ3n) is 4.77. The van der Waals surface area contributed by atoms with Crippen molar-refractivity contribution < 1.29 is 0 Å². The first-order chi connectivity index (χ1) is 14.1. The van der Waals surface area contributed by atoms with Crippen LogP contribution in [0.1, 0.15) is 22.0 Å². The van der Waals surface area contributed by atoms with E-state index in [4.69, 9.17) is 0 Å². The van der Waals surface area contributed by atoms with Gasteiger partial charge in [0.2, 0.25) is 0 Å². The summed E-state index contributed by atoms with van der Waals surface area (Å²) in [5, 5.41) is 6.65. The lowest BCUT2D eigenvalue weighted by Gasteiger charge is -2.09. The van der Waals surface area contributed by atoms with Crippen LogP contribution < -0.4 is 5.32 Å². The minimum absolute atomic E-state index is 0.772. The fourth-order valence-corrected chi connectivity index (χ4v) is 3.83. The van der Waals surface area contributed by atoms with Gasteiger partial charge in [-0.05, 0) is 32.8 Å². The van der Waals surface area contributed by atoms with Gasteiger partial charge in [0.05, 0.1) is 16.4 Å². The van der Waals surface area contributed by atoms with Gasteiger partial charge < -0.3 is 5.32 Å². The maximum atomic E-state index is 4.58. The first-order valence-corrected chi connectivity index (χ1v) is 10.6. The number of benzene rings is 2. The van der Waals surface area contributed by atoms with Crippen molar-refractivity contribution in [1.82, 2.24) is 15.0 Å². The number of nitrogens with one attached hydrogen (secondary N) is 1. The summed E-state index contributed by atoms with van der Waals surface area (Å²) < 4.78 is 0. The molecule has 29 heavy (non-hydrogen) atoms. The average molecular weight is 401 g/mol. The number of aryl methyl sites for hydroxylation is 3. The van der Waals surface area contributed by atoms with Crippen LogP contribution in [0.15, 0.2) is 60.0 Å². The molecule has 0 saturated carbocycles. The maximum Gasteiger partial charge on any atom is 0.130 e. The van der Waals surface area contributed by atoms with Crippen LogP contribution >= 0.6 is 11.3 Å². The highest BCUT2D eigenvalue weighted by Crippen LogP contribution is 2.23. The molecular formula is C24H24N4S. The van der Waals surface area contributed by atoms with Gasteiger partial charge in [0.15, 0.2) is 0 Å². The quantitative estimate of drug-likeness (QED) is 0.441. The van der Waals surface area contributed by atoms with Gasteiger partial charge in [-0.2, -0.15) is 0 Å². The largest absolute Gasteiger partial charge is 0.370 e. The van der Waals surface area contributed by atoms with Crippen LogP contribution in [-0.4, -0.2) is 21.5 Å². The zero-order chi connectivity index (χ0) is 20.2. The summed E-state index contributed by atoms with van der Waals surface area (Å²) in [5.41, 5.74) is 6.81. The van der Waals surface area contributed by atoms with Gasteiger partial charge in [0.1, 0.15) is 11.6 Å². The highest BCUT2D eigenvalue weighted by molar-refractivity contribution is 7.09. The Labute approximate surface area is 175 Å². The van der Waals surface area contributed by atoms with E-state index in [0.717, 1.165) is 46.6 Å². The normalized spacial score (nSPS) is 10.9. The summed E-state index contributed by atoms with van der Waals surface area (Å²) in [4.78, 5) is 13.7. The molecule has 4 aromatic rings. The van der Waals surface area contributed by atoms with E-state index >= 15 is 0 Å². The molecule has 0 radical (unpaired) electrons. The maximum absolute atomic E-state index is 4.58. The van der Waals surface area contributed by atoms with Crippen LogP contribution in [0.25, 0.3) is 22.5 Å². The summed E-state index contributed by atoms with van der Waals surface area (Å²) in [6, 6.07) is 19.1. The van der Waals surface area contributed by atoms with Crippen LogP contribution in [0.4, 0.5) is 5.82 Å². The van der Waals surface area contributed by atoms with Gasteiger partial charge in [-0.3, -0.25) is 0 Å². The number of hydrogen-bond acceptors (Lipinski definition) is 5. The Balaban J connectivity index is 1.39. The van der Waals surface area contributed by atoms with Crippen molar-refractivity contribution in [2.45, 2.75) is 27.2 Å². The van der Waals surface area contributed by atoms with Gasteiger partial charge in [-0.1, -0.05) is 54.1 Å². The third kappa shape index (κ3) is 4.87. The second-order valence-corrected chi connectivity index (χ2v) is 8.24. The van der Waals surface area contributed by atoms with E-state index in [9.17, 15) is 0 Å². The topological polar surface area (TPSA) is 50.7 Å². The second-order valence-electron chi connectivity index (χ2n) is 7.18. The Kier molecular flexibility index (Phi) is 5.67. The third-order valence-corrected chi connectivity index (χ3v) is 5.55. The Morgan fingerprint density at radius 1 is 0.793 bits per heavy atom. The summed E-state index contributed by atoms with van der Waals surface area (Å²) in [6.45, 7) is 6.88. The number of rotatable bonds is 6. The Bertz CT molecular complexity index is 1100. The number of anilines is 1. The van der Waals surface area contributed by atoms with Gasteiger partial charge in [0, 0.05) is 29.1 Å². The molecule has 0 bridgehead atoms. The SMILES string of the molecule is Cc1ccc(-c2cc(NCCc3ccc(-c4csc(C)n4)cc3)nc(C)n2)cc1. The Hall–Kier alpha value is -3.05. The molecule has 0 aliphatic carbocycles. The molecule has 0 spiro atoms. The molecule has 1 N–H and O–H groups in total. The molecule has 0 aliphatic heterocycles. The fraction of sp³-hybridized carbons (Fsp3) is 0.208. The van der Waals surface area contributed by atoms with Crippen molar-refractivity contribution in [3.05, 3.63) is 81.9 Å². The summed E-state index contributed by atoms with van der Waals surface area (Å²) in [7, 11) is 0. The van der Waals surface area contributed by atoms with Crippen LogP contribution in [0.3, 0.4) is 0 Å². The monoisotopic (exact) mass is 400 g/mol. The van der Waals surface area contributed by atoms with Gasteiger partial charge in [-0.25, -0.2) is 15.0 Å². The Morgan fingerprint density at radius 2 is 1.48 bits per heavy atom. The van der Waals surface area contributed by atoms with Gasteiger partial charge in [-0.15, -0.1) is 11.3 Å². The van der Waals surface area contributed by atoms with E-state index in [2.05, 4.69) is 81.1 Å². The number of nitrogens with zero attached hydrogens (tertiary/aromatic N) is 3. The Morgan fingerprint density at radius 3 is 2.17 bits per heavy atom. The average Bonchev–Trinajstić information content (AvgIpc) is 3.15. The molecule has 0 aliphatic rings. The molecule has 0 atom stereocenters. The van der Waals surface area contributed by atoms with E-state index in [0.29, 0.717) is 0 Å². The molecule has 146 valence electrons. The van der Waals surface area contributed by atoms with E-state index in [1.807, 2.05) is 19.9 Å². The molecule has 0 unspecified atom stereocenters. The lowest BCUT2D eigenvalue weighted by atomic mass is 10.1. The number of aromatic nitrogens is 3. The predicted octanol–water partition coefficient (Wildman–Crippen LogP) is 5.85. The van der Waals surface area contributed by atoms with Gasteiger partial charge in [0.25, 0.3) is 0 Å². The summed E-state index contributed by atoms with van der Waals surface area (Å²) in [5.74, 6) is 1.64.